The highest BCUT2D eigenvalue weighted by atomic mass is 32.2. The maximum absolute atomic E-state index is 4.52. The fourth-order valence-electron chi connectivity index (χ4n) is 2.02. The van der Waals surface area contributed by atoms with Crippen molar-refractivity contribution in [2.75, 3.05) is 5.75 Å². The normalized spacial score (nSPS) is 11.1. The van der Waals surface area contributed by atoms with E-state index in [1.165, 1.54) is 11.1 Å². The molecule has 1 N–H and O–H groups in total. The van der Waals surface area contributed by atoms with Gasteiger partial charge in [-0.2, -0.15) is 0 Å². The summed E-state index contributed by atoms with van der Waals surface area (Å²) in [6, 6.07) is 18.5. The molecule has 0 bridgehead atoms. The maximum atomic E-state index is 4.52. The number of aromatic amines is 1. The van der Waals surface area contributed by atoms with Crippen molar-refractivity contribution in [3.63, 3.8) is 0 Å². The number of benzene rings is 2. The highest BCUT2D eigenvalue weighted by molar-refractivity contribution is 7.99. The number of rotatable bonds is 5. The van der Waals surface area contributed by atoms with Gasteiger partial charge in [-0.1, -0.05) is 84.1 Å². The van der Waals surface area contributed by atoms with Crippen molar-refractivity contribution in [3.05, 3.63) is 71.8 Å². The Morgan fingerprint density at radius 3 is 2.59 bits per heavy atom. The zero-order chi connectivity index (χ0) is 15.2. The van der Waals surface area contributed by atoms with Gasteiger partial charge in [-0.15, -0.1) is 5.10 Å². The number of aryl methyl sites for hydroxylation is 1. The molecule has 1 heterocycles. The smallest absolute Gasteiger partial charge is 0.209 e. The Morgan fingerprint density at radius 2 is 1.82 bits per heavy atom. The molecule has 0 spiro atoms. The molecule has 0 aliphatic rings. The van der Waals surface area contributed by atoms with Crippen LogP contribution in [0.1, 0.15) is 11.1 Å². The summed E-state index contributed by atoms with van der Waals surface area (Å²) < 4.78 is 0. The van der Waals surface area contributed by atoms with Gasteiger partial charge in [-0.25, -0.2) is 4.98 Å². The van der Waals surface area contributed by atoms with E-state index in [-0.39, 0.29) is 0 Å². The summed E-state index contributed by atoms with van der Waals surface area (Å²) in [4.78, 5) is 4.52. The molecule has 3 nitrogen and oxygen atoms in total. The minimum absolute atomic E-state index is 0.772. The van der Waals surface area contributed by atoms with E-state index >= 15 is 0 Å². The molecular weight excluding hydrogens is 290 g/mol. The lowest BCUT2D eigenvalue weighted by Gasteiger charge is -1.96. The second-order valence-electron chi connectivity index (χ2n) is 4.96. The zero-order valence-corrected chi connectivity index (χ0v) is 13.2. The van der Waals surface area contributed by atoms with Crippen LogP contribution in [-0.2, 0) is 0 Å². The molecule has 0 aliphatic heterocycles. The first-order chi connectivity index (χ1) is 10.8. The SMILES string of the molecule is Cc1ccc(-c2nc(SCC=Cc3ccccc3)n[nH]2)cc1. The molecule has 22 heavy (non-hydrogen) atoms. The van der Waals surface area contributed by atoms with Gasteiger partial charge in [0.05, 0.1) is 0 Å². The van der Waals surface area contributed by atoms with Crippen molar-refractivity contribution in [3.8, 4) is 11.4 Å². The predicted molar refractivity (Wildman–Crippen MR) is 92.8 cm³/mol. The Kier molecular flexibility index (Phi) is 4.71. The van der Waals surface area contributed by atoms with Crippen LogP contribution < -0.4 is 0 Å². The lowest BCUT2D eigenvalue weighted by molar-refractivity contribution is 0.975. The predicted octanol–water partition coefficient (Wildman–Crippen LogP) is 4.59. The maximum Gasteiger partial charge on any atom is 0.209 e. The van der Waals surface area contributed by atoms with Crippen LogP contribution in [0.3, 0.4) is 0 Å². The highest BCUT2D eigenvalue weighted by Gasteiger charge is 2.05. The van der Waals surface area contributed by atoms with Crippen molar-refractivity contribution >= 4 is 17.8 Å². The molecule has 3 aromatic rings. The van der Waals surface area contributed by atoms with Gasteiger partial charge < -0.3 is 0 Å². The van der Waals surface area contributed by atoms with Gasteiger partial charge in [0.2, 0.25) is 5.16 Å². The van der Waals surface area contributed by atoms with Crippen LogP contribution in [0.5, 0.6) is 0 Å². The van der Waals surface area contributed by atoms with E-state index in [1.807, 2.05) is 18.2 Å². The van der Waals surface area contributed by atoms with Crippen molar-refractivity contribution in [2.24, 2.45) is 0 Å². The molecule has 1 aromatic heterocycles. The summed E-state index contributed by atoms with van der Waals surface area (Å²) in [5.74, 6) is 1.66. The van der Waals surface area contributed by atoms with Gasteiger partial charge in [-0.3, -0.25) is 5.10 Å². The fourth-order valence-corrected chi connectivity index (χ4v) is 2.63. The molecule has 110 valence electrons. The number of nitrogens with zero attached hydrogens (tertiary/aromatic N) is 2. The minimum atomic E-state index is 0.772. The van der Waals surface area contributed by atoms with Crippen LogP contribution in [0.15, 0.2) is 65.8 Å². The summed E-state index contributed by atoms with van der Waals surface area (Å²) in [5.41, 5.74) is 3.51. The first kappa shape index (κ1) is 14.6. The van der Waals surface area contributed by atoms with Crippen molar-refractivity contribution in [1.82, 2.24) is 15.2 Å². The third kappa shape index (κ3) is 3.86. The van der Waals surface area contributed by atoms with Crippen LogP contribution in [-0.4, -0.2) is 20.9 Å². The number of nitrogens with one attached hydrogen (secondary N) is 1. The molecule has 3 rings (SSSR count). The molecule has 0 saturated carbocycles. The number of hydrogen-bond acceptors (Lipinski definition) is 3. The van der Waals surface area contributed by atoms with E-state index in [2.05, 4.69) is 70.7 Å². The monoisotopic (exact) mass is 307 g/mol. The molecule has 0 atom stereocenters. The Labute approximate surface area is 134 Å². The zero-order valence-electron chi connectivity index (χ0n) is 12.4. The molecule has 4 heteroatoms. The Balaban J connectivity index is 1.58. The van der Waals surface area contributed by atoms with Gasteiger partial charge >= 0.3 is 0 Å². The molecule has 2 aromatic carbocycles. The second-order valence-corrected chi connectivity index (χ2v) is 5.94. The molecule has 0 radical (unpaired) electrons. The van der Waals surface area contributed by atoms with Crippen LogP contribution in [0.2, 0.25) is 0 Å². The van der Waals surface area contributed by atoms with Crippen molar-refractivity contribution in [1.29, 1.82) is 0 Å². The molecule has 0 amide bonds. The quantitative estimate of drug-likeness (QED) is 0.701. The summed E-state index contributed by atoms with van der Waals surface area (Å²) in [5, 5.41) is 8.02. The fraction of sp³-hybridized carbons (Fsp3) is 0.111. The van der Waals surface area contributed by atoms with Gasteiger partial charge in [-0.05, 0) is 12.5 Å². The molecule has 0 saturated heterocycles. The molecule has 0 fully saturated rings. The van der Waals surface area contributed by atoms with Gasteiger partial charge in [0.15, 0.2) is 5.82 Å². The van der Waals surface area contributed by atoms with Crippen LogP contribution in [0.4, 0.5) is 0 Å². The van der Waals surface area contributed by atoms with E-state index in [0.717, 1.165) is 22.3 Å². The summed E-state index contributed by atoms with van der Waals surface area (Å²) in [6.07, 6.45) is 4.24. The van der Waals surface area contributed by atoms with E-state index in [1.54, 1.807) is 11.8 Å². The van der Waals surface area contributed by atoms with E-state index in [4.69, 9.17) is 0 Å². The molecular formula is C18H17N3S. The van der Waals surface area contributed by atoms with E-state index in [9.17, 15) is 0 Å². The lowest BCUT2D eigenvalue weighted by atomic mass is 10.1. The van der Waals surface area contributed by atoms with E-state index < -0.39 is 0 Å². The molecule has 0 aliphatic carbocycles. The van der Waals surface area contributed by atoms with Gasteiger partial charge in [0.1, 0.15) is 0 Å². The first-order valence-electron chi connectivity index (χ1n) is 7.15. The van der Waals surface area contributed by atoms with E-state index in [0.29, 0.717) is 0 Å². The van der Waals surface area contributed by atoms with Crippen molar-refractivity contribution in [2.45, 2.75) is 12.1 Å². The van der Waals surface area contributed by atoms with Crippen LogP contribution >= 0.6 is 11.8 Å². The number of hydrogen-bond donors (Lipinski definition) is 1. The van der Waals surface area contributed by atoms with Gasteiger partial charge in [0.25, 0.3) is 0 Å². The third-order valence-electron chi connectivity index (χ3n) is 3.21. The number of thioether (sulfide) groups is 1. The second kappa shape index (κ2) is 7.09. The topological polar surface area (TPSA) is 41.6 Å². The number of aromatic nitrogens is 3. The summed E-state index contributed by atoms with van der Waals surface area (Å²) in [7, 11) is 0. The summed E-state index contributed by atoms with van der Waals surface area (Å²) >= 11 is 1.62. The minimum Gasteiger partial charge on any atom is -0.258 e. The first-order valence-corrected chi connectivity index (χ1v) is 8.14. The Bertz CT molecular complexity index is 746. The average Bonchev–Trinajstić information content (AvgIpc) is 3.02. The lowest BCUT2D eigenvalue weighted by Crippen LogP contribution is -1.81. The Morgan fingerprint density at radius 1 is 1.05 bits per heavy atom. The van der Waals surface area contributed by atoms with Gasteiger partial charge in [0, 0.05) is 11.3 Å². The highest BCUT2D eigenvalue weighted by Crippen LogP contribution is 2.19. The molecule has 0 unspecified atom stereocenters. The van der Waals surface area contributed by atoms with Crippen LogP contribution in [0.25, 0.3) is 17.5 Å². The number of H-pyrrole nitrogens is 1. The standard InChI is InChI=1S/C18H17N3S/c1-14-9-11-16(12-10-14)17-19-18(21-20-17)22-13-5-8-15-6-3-2-4-7-15/h2-12H,13H2,1H3,(H,19,20,21). The largest absolute Gasteiger partial charge is 0.258 e. The average molecular weight is 307 g/mol. The van der Waals surface area contributed by atoms with Crippen LogP contribution in [0, 0.1) is 6.92 Å². The summed E-state index contributed by atoms with van der Waals surface area (Å²) in [6.45, 7) is 2.07. The third-order valence-corrected chi connectivity index (χ3v) is 4.01. The Hall–Kier alpha value is -2.33. The van der Waals surface area contributed by atoms with Crippen molar-refractivity contribution < 1.29 is 0 Å².